The monoisotopic (exact) mass is 295 g/mol. The van der Waals surface area contributed by atoms with Crippen LogP contribution in [0.3, 0.4) is 0 Å². The maximum Gasteiger partial charge on any atom is 0.119 e. The Morgan fingerprint density at radius 3 is 2.70 bits per heavy atom. The van der Waals surface area contributed by atoms with Crippen molar-refractivity contribution in [2.24, 2.45) is 5.73 Å². The van der Waals surface area contributed by atoms with Crippen LogP contribution >= 0.6 is 12.2 Å². The first-order chi connectivity index (χ1) is 9.75. The zero-order valence-corrected chi connectivity index (χ0v) is 12.4. The van der Waals surface area contributed by atoms with Crippen LogP contribution in [0.2, 0.25) is 0 Å². The Hall–Kier alpha value is -1.17. The van der Waals surface area contributed by atoms with Crippen LogP contribution in [0.25, 0.3) is 0 Å². The summed E-state index contributed by atoms with van der Waals surface area (Å²) in [5.41, 5.74) is 6.38. The highest BCUT2D eigenvalue weighted by molar-refractivity contribution is 7.80. The van der Waals surface area contributed by atoms with Crippen LogP contribution in [0.4, 0.5) is 0 Å². The highest BCUT2D eigenvalue weighted by Crippen LogP contribution is 2.13. The fourth-order valence-corrected chi connectivity index (χ4v) is 2.22. The second kappa shape index (κ2) is 8.19. The average molecular weight is 295 g/mol. The molecule has 1 atom stereocenters. The molecule has 0 spiro atoms. The molecule has 1 fully saturated rings. The molecule has 0 amide bonds. The van der Waals surface area contributed by atoms with Crippen molar-refractivity contribution in [1.82, 2.24) is 0 Å². The Morgan fingerprint density at radius 1 is 1.25 bits per heavy atom. The second-order valence-corrected chi connectivity index (χ2v) is 5.24. The number of ether oxygens (including phenoxy) is 3. The topological polar surface area (TPSA) is 53.7 Å². The van der Waals surface area contributed by atoms with Crippen molar-refractivity contribution in [2.75, 3.05) is 26.4 Å². The van der Waals surface area contributed by atoms with Crippen LogP contribution in [0.1, 0.15) is 24.8 Å². The lowest BCUT2D eigenvalue weighted by Gasteiger charge is -2.22. The van der Waals surface area contributed by atoms with Gasteiger partial charge in [-0.05, 0) is 43.5 Å². The molecule has 0 saturated carbocycles. The molecule has 1 aliphatic rings. The summed E-state index contributed by atoms with van der Waals surface area (Å²) in [7, 11) is 0. The quantitative estimate of drug-likeness (QED) is 0.618. The van der Waals surface area contributed by atoms with E-state index in [1.807, 2.05) is 24.3 Å². The predicted molar refractivity (Wildman–Crippen MR) is 82.2 cm³/mol. The Kier molecular flexibility index (Phi) is 6.24. The minimum Gasteiger partial charge on any atom is -0.491 e. The fraction of sp³-hybridized carbons (Fsp3) is 0.533. The molecule has 1 aliphatic heterocycles. The van der Waals surface area contributed by atoms with E-state index >= 15 is 0 Å². The minimum absolute atomic E-state index is 0.258. The molecule has 0 bridgehead atoms. The molecule has 1 aromatic rings. The molecule has 1 unspecified atom stereocenters. The van der Waals surface area contributed by atoms with Gasteiger partial charge < -0.3 is 19.9 Å². The van der Waals surface area contributed by atoms with E-state index in [2.05, 4.69) is 0 Å². The first-order valence-corrected chi connectivity index (χ1v) is 7.38. The summed E-state index contributed by atoms with van der Waals surface area (Å²) in [5.74, 6) is 0.794. The van der Waals surface area contributed by atoms with E-state index in [-0.39, 0.29) is 6.10 Å². The zero-order chi connectivity index (χ0) is 14.2. The van der Waals surface area contributed by atoms with Crippen molar-refractivity contribution in [2.45, 2.75) is 25.4 Å². The lowest BCUT2D eigenvalue weighted by molar-refractivity contribution is -0.0444. The van der Waals surface area contributed by atoms with Gasteiger partial charge in [0, 0.05) is 12.2 Å². The fourth-order valence-electron chi connectivity index (χ4n) is 2.09. The molecule has 1 aromatic carbocycles. The third-order valence-corrected chi connectivity index (χ3v) is 3.45. The molecule has 4 nitrogen and oxygen atoms in total. The van der Waals surface area contributed by atoms with Gasteiger partial charge in [-0.15, -0.1) is 0 Å². The summed E-state index contributed by atoms with van der Waals surface area (Å²) >= 11 is 4.89. The first kappa shape index (κ1) is 15.2. The van der Waals surface area contributed by atoms with E-state index < -0.39 is 0 Å². The largest absolute Gasteiger partial charge is 0.491 e. The molecule has 110 valence electrons. The summed E-state index contributed by atoms with van der Waals surface area (Å²) in [6.07, 6.45) is 3.76. The average Bonchev–Trinajstić information content (AvgIpc) is 2.48. The minimum atomic E-state index is 0.258. The second-order valence-electron chi connectivity index (χ2n) is 4.80. The molecule has 2 rings (SSSR count). The summed E-state index contributed by atoms with van der Waals surface area (Å²) in [5, 5.41) is 0. The third kappa shape index (κ3) is 5.07. The van der Waals surface area contributed by atoms with E-state index in [0.29, 0.717) is 24.8 Å². The Bertz CT molecular complexity index is 416. The number of hydrogen-bond donors (Lipinski definition) is 1. The van der Waals surface area contributed by atoms with Gasteiger partial charge in [0.15, 0.2) is 0 Å². The van der Waals surface area contributed by atoms with Gasteiger partial charge in [0.05, 0.1) is 19.3 Å². The van der Waals surface area contributed by atoms with E-state index in [9.17, 15) is 0 Å². The van der Waals surface area contributed by atoms with Gasteiger partial charge >= 0.3 is 0 Å². The van der Waals surface area contributed by atoms with Crippen molar-refractivity contribution in [3.63, 3.8) is 0 Å². The highest BCUT2D eigenvalue weighted by Gasteiger charge is 2.13. The summed E-state index contributed by atoms with van der Waals surface area (Å²) < 4.78 is 16.7. The molecular formula is C15H21NO3S. The van der Waals surface area contributed by atoms with E-state index in [1.165, 1.54) is 12.8 Å². The third-order valence-electron chi connectivity index (χ3n) is 3.21. The maximum absolute atomic E-state index is 5.59. The molecule has 0 aromatic heterocycles. The molecule has 20 heavy (non-hydrogen) atoms. The number of nitrogens with two attached hydrogens (primary N) is 1. The molecule has 2 N–H and O–H groups in total. The van der Waals surface area contributed by atoms with Crippen LogP contribution < -0.4 is 10.5 Å². The number of hydrogen-bond acceptors (Lipinski definition) is 4. The van der Waals surface area contributed by atoms with Crippen LogP contribution in [0.15, 0.2) is 24.3 Å². The normalized spacial score (nSPS) is 18.7. The summed E-state index contributed by atoms with van der Waals surface area (Å²) in [6, 6.07) is 7.43. The van der Waals surface area contributed by atoms with Crippen molar-refractivity contribution < 1.29 is 14.2 Å². The van der Waals surface area contributed by atoms with Gasteiger partial charge in [-0.25, -0.2) is 0 Å². The Morgan fingerprint density at radius 2 is 2.05 bits per heavy atom. The van der Waals surface area contributed by atoms with Gasteiger partial charge in [0.25, 0.3) is 0 Å². The number of rotatable bonds is 7. The molecule has 1 saturated heterocycles. The summed E-state index contributed by atoms with van der Waals surface area (Å²) in [4.78, 5) is 0.396. The standard InChI is InChI=1S/C15H21NO3S/c16-15(20)12-4-6-13(7-5-12)19-10-9-17-11-14-3-1-2-8-18-14/h4-7,14H,1-3,8-11H2,(H2,16,20). The lowest BCUT2D eigenvalue weighted by Crippen LogP contribution is -2.25. The molecule has 0 radical (unpaired) electrons. The van der Waals surface area contributed by atoms with Crippen molar-refractivity contribution in [3.05, 3.63) is 29.8 Å². The van der Waals surface area contributed by atoms with Gasteiger partial charge in [-0.2, -0.15) is 0 Å². The van der Waals surface area contributed by atoms with E-state index in [1.54, 1.807) is 0 Å². The molecule has 5 heteroatoms. The molecule has 1 heterocycles. The highest BCUT2D eigenvalue weighted by atomic mass is 32.1. The van der Waals surface area contributed by atoms with Crippen molar-refractivity contribution >= 4 is 17.2 Å². The lowest BCUT2D eigenvalue weighted by atomic mass is 10.1. The first-order valence-electron chi connectivity index (χ1n) is 6.98. The van der Waals surface area contributed by atoms with Crippen LogP contribution in [0.5, 0.6) is 5.75 Å². The van der Waals surface area contributed by atoms with E-state index in [4.69, 9.17) is 32.2 Å². The van der Waals surface area contributed by atoms with Crippen LogP contribution in [0, 0.1) is 0 Å². The number of thiocarbonyl (C=S) groups is 1. The van der Waals surface area contributed by atoms with Crippen molar-refractivity contribution in [1.29, 1.82) is 0 Å². The molecular weight excluding hydrogens is 274 g/mol. The predicted octanol–water partition coefficient (Wildman–Crippen LogP) is 2.29. The smallest absolute Gasteiger partial charge is 0.119 e. The van der Waals surface area contributed by atoms with E-state index in [0.717, 1.165) is 24.3 Å². The van der Waals surface area contributed by atoms with Gasteiger partial charge in [-0.1, -0.05) is 12.2 Å². The van der Waals surface area contributed by atoms with Crippen molar-refractivity contribution in [3.8, 4) is 5.75 Å². The van der Waals surface area contributed by atoms with Gasteiger partial charge in [-0.3, -0.25) is 0 Å². The van der Waals surface area contributed by atoms with Crippen LogP contribution in [-0.4, -0.2) is 37.5 Å². The van der Waals surface area contributed by atoms with Gasteiger partial charge in [0.1, 0.15) is 17.3 Å². The Labute approximate surface area is 125 Å². The number of benzene rings is 1. The Balaban J connectivity index is 1.59. The SMILES string of the molecule is NC(=S)c1ccc(OCCOCC2CCCCO2)cc1. The zero-order valence-electron chi connectivity index (χ0n) is 11.5. The summed E-state index contributed by atoms with van der Waals surface area (Å²) in [6.45, 7) is 2.61. The van der Waals surface area contributed by atoms with Gasteiger partial charge in [0.2, 0.25) is 0 Å². The maximum atomic E-state index is 5.59. The molecule has 0 aliphatic carbocycles. The van der Waals surface area contributed by atoms with Crippen LogP contribution in [-0.2, 0) is 9.47 Å².